The van der Waals surface area contributed by atoms with Crippen LogP contribution < -0.4 is 0 Å². The molecule has 0 amide bonds. The Kier molecular flexibility index (Phi) is 4.71. The molecule has 1 aliphatic heterocycles. The second-order valence-electron chi connectivity index (χ2n) is 6.77. The van der Waals surface area contributed by atoms with E-state index < -0.39 is 5.97 Å². The van der Waals surface area contributed by atoms with Crippen LogP contribution in [0.4, 0.5) is 0 Å². The van der Waals surface area contributed by atoms with E-state index in [1.54, 1.807) is 6.20 Å². The molecule has 2 aromatic rings. The highest BCUT2D eigenvalue weighted by molar-refractivity contribution is 5.70. The van der Waals surface area contributed by atoms with E-state index >= 15 is 0 Å². The van der Waals surface area contributed by atoms with Crippen LogP contribution in [0.2, 0.25) is 0 Å². The number of aliphatic carboxylic acids is 1. The van der Waals surface area contributed by atoms with Crippen LogP contribution in [-0.4, -0.2) is 38.1 Å². The first kappa shape index (κ1) is 16.7. The maximum Gasteiger partial charge on any atom is 0.307 e. The highest BCUT2D eigenvalue weighted by Gasteiger charge is 2.32. The zero-order chi connectivity index (χ0) is 17.3. The zero-order valence-electron chi connectivity index (χ0n) is 14.5. The van der Waals surface area contributed by atoms with Gasteiger partial charge in [0.15, 0.2) is 0 Å². The fraction of sp³-hybridized carbons (Fsp3) is 0.474. The fourth-order valence-electron chi connectivity index (χ4n) is 3.63. The van der Waals surface area contributed by atoms with Crippen molar-refractivity contribution in [3.8, 4) is 5.69 Å². The second kappa shape index (κ2) is 6.77. The number of rotatable bonds is 4. The van der Waals surface area contributed by atoms with Gasteiger partial charge in [-0.1, -0.05) is 12.1 Å². The van der Waals surface area contributed by atoms with E-state index in [-0.39, 0.29) is 12.0 Å². The lowest BCUT2D eigenvalue weighted by Gasteiger charge is -2.40. The molecular formula is C19H25N3O2. The minimum Gasteiger partial charge on any atom is -0.481 e. The topological polar surface area (TPSA) is 58.4 Å². The molecule has 128 valence electrons. The Labute approximate surface area is 142 Å². The molecule has 0 bridgehead atoms. The Morgan fingerprint density at radius 1 is 1.29 bits per heavy atom. The van der Waals surface area contributed by atoms with Crippen LogP contribution in [0.3, 0.4) is 0 Å². The summed E-state index contributed by atoms with van der Waals surface area (Å²) in [6.07, 6.45) is 5.47. The average Bonchev–Trinajstić information content (AvgIpc) is 3.00. The average molecular weight is 327 g/mol. The van der Waals surface area contributed by atoms with Crippen molar-refractivity contribution in [2.45, 2.75) is 45.7 Å². The van der Waals surface area contributed by atoms with Crippen molar-refractivity contribution < 1.29 is 9.90 Å². The summed E-state index contributed by atoms with van der Waals surface area (Å²) < 4.78 is 2.05. The maximum atomic E-state index is 11.3. The standard InChI is InChI=1S/C19H25N3O2/c1-13-4-5-17(19(23)24)12-22(13)14(2)16-6-8-18(9-7-16)21-11-10-20-15(21)3/h6-11,13-14,17H,4-5,12H2,1-3H3,(H,23,24). The first-order valence-corrected chi connectivity index (χ1v) is 8.56. The van der Waals surface area contributed by atoms with Crippen molar-refractivity contribution in [3.63, 3.8) is 0 Å². The van der Waals surface area contributed by atoms with Crippen LogP contribution in [0.5, 0.6) is 0 Å². The number of nitrogens with zero attached hydrogens (tertiary/aromatic N) is 3. The summed E-state index contributed by atoms with van der Waals surface area (Å²) in [5, 5.41) is 9.33. The minimum absolute atomic E-state index is 0.208. The molecule has 2 heterocycles. The van der Waals surface area contributed by atoms with Gasteiger partial charge in [0.05, 0.1) is 5.92 Å². The van der Waals surface area contributed by atoms with Gasteiger partial charge in [-0.05, 0) is 51.3 Å². The molecule has 1 aromatic carbocycles. The third kappa shape index (κ3) is 3.22. The number of benzene rings is 1. The lowest BCUT2D eigenvalue weighted by molar-refractivity contribution is -0.144. The molecule has 1 N–H and O–H groups in total. The molecule has 3 rings (SSSR count). The molecule has 0 spiro atoms. The van der Waals surface area contributed by atoms with Crippen LogP contribution in [0.1, 0.15) is 44.1 Å². The Hall–Kier alpha value is -2.14. The van der Waals surface area contributed by atoms with E-state index in [2.05, 4.69) is 52.6 Å². The number of hydrogen-bond donors (Lipinski definition) is 1. The van der Waals surface area contributed by atoms with E-state index in [4.69, 9.17) is 0 Å². The lowest BCUT2D eigenvalue weighted by Crippen LogP contribution is -2.45. The molecule has 0 radical (unpaired) electrons. The third-order valence-corrected chi connectivity index (χ3v) is 5.26. The molecule has 1 fully saturated rings. The van der Waals surface area contributed by atoms with E-state index in [1.165, 1.54) is 5.56 Å². The number of imidazole rings is 1. The molecule has 5 heteroatoms. The molecular weight excluding hydrogens is 302 g/mol. The monoisotopic (exact) mass is 327 g/mol. The van der Waals surface area contributed by atoms with Crippen LogP contribution in [0.15, 0.2) is 36.7 Å². The largest absolute Gasteiger partial charge is 0.481 e. The first-order chi connectivity index (χ1) is 11.5. The van der Waals surface area contributed by atoms with Gasteiger partial charge in [0.1, 0.15) is 5.82 Å². The van der Waals surface area contributed by atoms with E-state index in [0.29, 0.717) is 12.6 Å². The van der Waals surface area contributed by atoms with Gasteiger partial charge >= 0.3 is 5.97 Å². The van der Waals surface area contributed by atoms with Gasteiger partial charge in [-0.2, -0.15) is 0 Å². The van der Waals surface area contributed by atoms with Crippen LogP contribution in [0, 0.1) is 12.8 Å². The first-order valence-electron chi connectivity index (χ1n) is 8.56. The van der Waals surface area contributed by atoms with Gasteiger partial charge in [-0.15, -0.1) is 0 Å². The number of likely N-dealkylation sites (tertiary alicyclic amines) is 1. The molecule has 5 nitrogen and oxygen atoms in total. The fourth-order valence-corrected chi connectivity index (χ4v) is 3.63. The van der Waals surface area contributed by atoms with Crippen molar-refractivity contribution in [2.24, 2.45) is 5.92 Å². The molecule has 3 unspecified atom stereocenters. The molecule has 3 atom stereocenters. The molecule has 1 aromatic heterocycles. The predicted molar refractivity (Wildman–Crippen MR) is 93.2 cm³/mol. The van der Waals surface area contributed by atoms with Crippen LogP contribution in [0.25, 0.3) is 5.69 Å². The van der Waals surface area contributed by atoms with Crippen molar-refractivity contribution in [1.82, 2.24) is 14.5 Å². The van der Waals surface area contributed by atoms with E-state index in [1.807, 2.05) is 13.1 Å². The summed E-state index contributed by atoms with van der Waals surface area (Å²) in [7, 11) is 0. The summed E-state index contributed by atoms with van der Waals surface area (Å²) >= 11 is 0. The highest BCUT2D eigenvalue weighted by atomic mass is 16.4. The minimum atomic E-state index is -0.676. The molecule has 24 heavy (non-hydrogen) atoms. The number of carboxylic acid groups (broad SMARTS) is 1. The van der Waals surface area contributed by atoms with Crippen molar-refractivity contribution in [2.75, 3.05) is 6.54 Å². The number of piperidine rings is 1. The molecule has 0 saturated carbocycles. The van der Waals surface area contributed by atoms with Crippen molar-refractivity contribution >= 4 is 5.97 Å². The smallest absolute Gasteiger partial charge is 0.307 e. The van der Waals surface area contributed by atoms with E-state index in [9.17, 15) is 9.90 Å². The predicted octanol–water partition coefficient (Wildman–Crippen LogP) is 3.43. The van der Waals surface area contributed by atoms with Crippen LogP contribution in [-0.2, 0) is 4.79 Å². The number of carboxylic acids is 1. The number of hydrogen-bond acceptors (Lipinski definition) is 3. The summed E-state index contributed by atoms with van der Waals surface area (Å²) in [4.78, 5) is 17.9. The van der Waals surface area contributed by atoms with E-state index in [0.717, 1.165) is 24.4 Å². The van der Waals surface area contributed by atoms with Gasteiger partial charge in [-0.25, -0.2) is 4.98 Å². The number of aryl methyl sites for hydroxylation is 1. The Morgan fingerprint density at radius 2 is 2.00 bits per heavy atom. The van der Waals surface area contributed by atoms with Crippen molar-refractivity contribution in [1.29, 1.82) is 0 Å². The van der Waals surface area contributed by atoms with Gasteiger partial charge in [0, 0.05) is 36.7 Å². The normalized spacial score (nSPS) is 23.1. The molecule has 1 saturated heterocycles. The number of carbonyl (C=O) groups is 1. The van der Waals surface area contributed by atoms with Crippen LogP contribution >= 0.6 is 0 Å². The van der Waals surface area contributed by atoms with Gasteiger partial charge < -0.3 is 9.67 Å². The number of aromatic nitrogens is 2. The van der Waals surface area contributed by atoms with Gasteiger partial charge in [0.25, 0.3) is 0 Å². The SMILES string of the molecule is Cc1nccn1-c1ccc(C(C)N2CC(C(=O)O)CCC2C)cc1. The summed E-state index contributed by atoms with van der Waals surface area (Å²) in [5.41, 5.74) is 2.31. The zero-order valence-corrected chi connectivity index (χ0v) is 14.5. The third-order valence-electron chi connectivity index (χ3n) is 5.26. The summed E-state index contributed by atoms with van der Waals surface area (Å²) in [6.45, 7) is 6.97. The Balaban J connectivity index is 1.78. The highest BCUT2D eigenvalue weighted by Crippen LogP contribution is 2.31. The van der Waals surface area contributed by atoms with Gasteiger partial charge in [0.2, 0.25) is 0 Å². The Morgan fingerprint density at radius 3 is 2.58 bits per heavy atom. The maximum absolute atomic E-state index is 11.3. The lowest BCUT2D eigenvalue weighted by atomic mass is 9.91. The summed E-state index contributed by atoms with van der Waals surface area (Å²) in [6, 6.07) is 9.09. The molecule has 1 aliphatic rings. The quantitative estimate of drug-likeness (QED) is 0.935. The summed E-state index contributed by atoms with van der Waals surface area (Å²) in [5.74, 6) is 0.0336. The second-order valence-corrected chi connectivity index (χ2v) is 6.77. The van der Waals surface area contributed by atoms with Gasteiger partial charge in [-0.3, -0.25) is 9.69 Å². The van der Waals surface area contributed by atoms with Crippen molar-refractivity contribution in [3.05, 3.63) is 48.0 Å². The molecule has 0 aliphatic carbocycles. The Bertz CT molecular complexity index is 708.